The summed E-state index contributed by atoms with van der Waals surface area (Å²) in [5, 5.41) is 6.66. The lowest BCUT2D eigenvalue weighted by atomic mass is 9.76. The summed E-state index contributed by atoms with van der Waals surface area (Å²) in [7, 11) is 0. The standard InChI is InChI=1S/C10H9ClN2O/c11-6-1-2-7-8(3-6)13-9(14)10(7)4-12-5-10/h1-3,12H,4-5H2,(H,13,14). The topological polar surface area (TPSA) is 41.1 Å². The van der Waals surface area contributed by atoms with Crippen molar-refractivity contribution in [2.45, 2.75) is 5.41 Å². The lowest BCUT2D eigenvalue weighted by Crippen LogP contribution is -2.60. The molecule has 14 heavy (non-hydrogen) atoms. The van der Waals surface area contributed by atoms with E-state index < -0.39 is 0 Å². The minimum atomic E-state index is -0.320. The van der Waals surface area contributed by atoms with E-state index in [9.17, 15) is 4.79 Å². The van der Waals surface area contributed by atoms with Crippen LogP contribution >= 0.6 is 11.6 Å². The molecule has 2 aliphatic rings. The highest BCUT2D eigenvalue weighted by Crippen LogP contribution is 2.41. The second-order valence-electron chi connectivity index (χ2n) is 3.83. The molecule has 1 aromatic carbocycles. The van der Waals surface area contributed by atoms with Crippen LogP contribution in [0.5, 0.6) is 0 Å². The maximum atomic E-state index is 11.8. The zero-order chi connectivity index (χ0) is 9.76. The van der Waals surface area contributed by atoms with Crippen molar-refractivity contribution in [2.24, 2.45) is 0 Å². The van der Waals surface area contributed by atoms with Gasteiger partial charge >= 0.3 is 0 Å². The van der Waals surface area contributed by atoms with E-state index >= 15 is 0 Å². The molecule has 3 rings (SSSR count). The van der Waals surface area contributed by atoms with Gasteiger partial charge in [0.05, 0.1) is 0 Å². The predicted molar refractivity (Wildman–Crippen MR) is 54.6 cm³/mol. The van der Waals surface area contributed by atoms with E-state index in [4.69, 9.17) is 11.6 Å². The predicted octanol–water partition coefficient (Wildman–Crippen LogP) is 1.13. The summed E-state index contributed by atoms with van der Waals surface area (Å²) in [6.45, 7) is 1.46. The Balaban J connectivity index is 2.18. The van der Waals surface area contributed by atoms with Gasteiger partial charge in [-0.15, -0.1) is 0 Å². The van der Waals surface area contributed by atoms with Crippen LogP contribution in [0.1, 0.15) is 5.56 Å². The van der Waals surface area contributed by atoms with Crippen molar-refractivity contribution in [3.63, 3.8) is 0 Å². The molecule has 1 aromatic rings. The average molecular weight is 209 g/mol. The van der Waals surface area contributed by atoms with Gasteiger partial charge in [0, 0.05) is 23.8 Å². The zero-order valence-electron chi connectivity index (χ0n) is 7.43. The molecule has 0 aromatic heterocycles. The molecule has 0 unspecified atom stereocenters. The third-order valence-electron chi connectivity index (χ3n) is 3.03. The van der Waals surface area contributed by atoms with Gasteiger partial charge in [0.15, 0.2) is 0 Å². The number of hydrogen-bond donors (Lipinski definition) is 2. The highest BCUT2D eigenvalue weighted by Gasteiger charge is 2.51. The number of amides is 1. The van der Waals surface area contributed by atoms with Crippen LogP contribution in [0.25, 0.3) is 0 Å². The van der Waals surface area contributed by atoms with Crippen LogP contribution in [-0.4, -0.2) is 19.0 Å². The Morgan fingerprint density at radius 1 is 1.36 bits per heavy atom. The van der Waals surface area contributed by atoms with Crippen LogP contribution in [0, 0.1) is 0 Å². The molecule has 2 heterocycles. The maximum absolute atomic E-state index is 11.8. The lowest BCUT2D eigenvalue weighted by molar-refractivity contribution is -0.122. The Kier molecular flexibility index (Phi) is 1.47. The number of carbonyl (C=O) groups is 1. The second-order valence-corrected chi connectivity index (χ2v) is 4.27. The summed E-state index contributed by atoms with van der Waals surface area (Å²) in [4.78, 5) is 11.8. The molecule has 0 bridgehead atoms. The van der Waals surface area contributed by atoms with Gasteiger partial charge in [0.1, 0.15) is 5.41 Å². The average Bonchev–Trinajstić information content (AvgIpc) is 2.34. The Morgan fingerprint density at radius 2 is 2.14 bits per heavy atom. The molecule has 0 saturated carbocycles. The molecule has 1 amide bonds. The number of hydrogen-bond acceptors (Lipinski definition) is 2. The van der Waals surface area contributed by atoms with E-state index in [1.54, 1.807) is 0 Å². The first kappa shape index (κ1) is 8.26. The van der Waals surface area contributed by atoms with Crippen molar-refractivity contribution in [3.05, 3.63) is 28.8 Å². The Labute approximate surface area is 86.4 Å². The van der Waals surface area contributed by atoms with Gasteiger partial charge in [-0.1, -0.05) is 17.7 Å². The molecule has 1 spiro atoms. The van der Waals surface area contributed by atoms with Gasteiger partial charge in [-0.2, -0.15) is 0 Å². The van der Waals surface area contributed by atoms with Gasteiger partial charge in [-0.3, -0.25) is 4.79 Å². The highest BCUT2D eigenvalue weighted by atomic mass is 35.5. The summed E-state index contributed by atoms with van der Waals surface area (Å²) >= 11 is 5.86. The quantitative estimate of drug-likeness (QED) is 0.671. The maximum Gasteiger partial charge on any atom is 0.237 e. The van der Waals surface area contributed by atoms with Gasteiger partial charge in [0.2, 0.25) is 5.91 Å². The van der Waals surface area contributed by atoms with Gasteiger partial charge in [0.25, 0.3) is 0 Å². The molecular weight excluding hydrogens is 200 g/mol. The lowest BCUT2D eigenvalue weighted by Gasteiger charge is -2.37. The number of benzene rings is 1. The van der Waals surface area contributed by atoms with E-state index in [0.29, 0.717) is 5.02 Å². The van der Waals surface area contributed by atoms with E-state index in [-0.39, 0.29) is 11.3 Å². The number of rotatable bonds is 0. The minimum absolute atomic E-state index is 0.0912. The van der Waals surface area contributed by atoms with Crippen molar-refractivity contribution in [3.8, 4) is 0 Å². The van der Waals surface area contributed by atoms with Crippen LogP contribution < -0.4 is 10.6 Å². The fourth-order valence-corrected chi connectivity index (χ4v) is 2.30. The molecule has 3 nitrogen and oxygen atoms in total. The molecule has 0 atom stereocenters. The second kappa shape index (κ2) is 2.49. The molecule has 1 saturated heterocycles. The summed E-state index contributed by atoms with van der Waals surface area (Å²) in [5.41, 5.74) is 1.62. The van der Waals surface area contributed by atoms with E-state index in [1.165, 1.54) is 0 Å². The molecule has 0 aliphatic carbocycles. The Bertz CT molecular complexity index is 426. The van der Waals surface area contributed by atoms with Crippen LogP contribution in [-0.2, 0) is 10.2 Å². The third-order valence-corrected chi connectivity index (χ3v) is 3.27. The number of fused-ring (bicyclic) bond motifs is 2. The largest absolute Gasteiger partial charge is 0.325 e. The first-order valence-electron chi connectivity index (χ1n) is 4.55. The van der Waals surface area contributed by atoms with E-state index in [0.717, 1.165) is 24.3 Å². The summed E-state index contributed by atoms with van der Waals surface area (Å²) < 4.78 is 0. The smallest absolute Gasteiger partial charge is 0.237 e. The van der Waals surface area contributed by atoms with Crippen molar-refractivity contribution < 1.29 is 4.79 Å². The molecule has 1 fully saturated rings. The third kappa shape index (κ3) is 0.837. The minimum Gasteiger partial charge on any atom is -0.325 e. The molecule has 2 N–H and O–H groups in total. The van der Waals surface area contributed by atoms with Crippen LogP contribution in [0.4, 0.5) is 5.69 Å². The SMILES string of the molecule is O=C1Nc2cc(Cl)ccc2C12CNC2. The molecule has 4 heteroatoms. The monoisotopic (exact) mass is 208 g/mol. The van der Waals surface area contributed by atoms with Gasteiger partial charge in [-0.25, -0.2) is 0 Å². The summed E-state index contributed by atoms with van der Waals surface area (Å²) in [6.07, 6.45) is 0. The molecule has 0 radical (unpaired) electrons. The fraction of sp³-hybridized carbons (Fsp3) is 0.300. The normalized spacial score (nSPS) is 21.6. The van der Waals surface area contributed by atoms with Crippen LogP contribution in [0.2, 0.25) is 5.02 Å². The molecule has 72 valence electrons. The number of carbonyl (C=O) groups excluding carboxylic acids is 1. The summed E-state index contributed by atoms with van der Waals surface area (Å²) in [6, 6.07) is 5.58. The van der Waals surface area contributed by atoms with Crippen molar-refractivity contribution >= 4 is 23.2 Å². The molecule has 2 aliphatic heterocycles. The Morgan fingerprint density at radius 3 is 2.79 bits per heavy atom. The van der Waals surface area contributed by atoms with Gasteiger partial charge < -0.3 is 10.6 Å². The fourth-order valence-electron chi connectivity index (χ4n) is 2.13. The van der Waals surface area contributed by atoms with Crippen molar-refractivity contribution in [1.29, 1.82) is 0 Å². The first-order valence-corrected chi connectivity index (χ1v) is 4.92. The van der Waals surface area contributed by atoms with Crippen molar-refractivity contribution in [2.75, 3.05) is 18.4 Å². The van der Waals surface area contributed by atoms with Crippen molar-refractivity contribution in [1.82, 2.24) is 5.32 Å². The number of halogens is 1. The number of anilines is 1. The molecular formula is C10H9ClN2O. The number of nitrogens with one attached hydrogen (secondary N) is 2. The first-order chi connectivity index (χ1) is 6.72. The highest BCUT2D eigenvalue weighted by molar-refractivity contribution is 6.31. The van der Waals surface area contributed by atoms with E-state index in [2.05, 4.69) is 10.6 Å². The van der Waals surface area contributed by atoms with Crippen LogP contribution in [0.15, 0.2) is 18.2 Å². The Hall–Kier alpha value is -1.06. The summed E-state index contributed by atoms with van der Waals surface area (Å²) in [5.74, 6) is 0.0912. The van der Waals surface area contributed by atoms with E-state index in [1.807, 2.05) is 18.2 Å². The zero-order valence-corrected chi connectivity index (χ0v) is 8.19. The van der Waals surface area contributed by atoms with Gasteiger partial charge in [-0.05, 0) is 17.7 Å². The van der Waals surface area contributed by atoms with Crippen LogP contribution in [0.3, 0.4) is 0 Å².